The quantitative estimate of drug-likeness (QED) is 0.457. The lowest BCUT2D eigenvalue weighted by atomic mass is 10.2. The SMILES string of the molecule is O=Cc1cc([N+](=O)[O-])ccc1OCC(=O)Nc1ccc(N2CCCC2)cc1. The number of amides is 1. The molecule has 3 rings (SSSR count). The van der Waals surface area contributed by atoms with Gasteiger partial charge in [0, 0.05) is 36.6 Å². The van der Waals surface area contributed by atoms with E-state index in [1.54, 1.807) is 0 Å². The number of anilines is 2. The number of benzene rings is 2. The van der Waals surface area contributed by atoms with Gasteiger partial charge in [0.15, 0.2) is 12.9 Å². The lowest BCUT2D eigenvalue weighted by Gasteiger charge is -2.17. The molecule has 0 radical (unpaired) electrons. The van der Waals surface area contributed by atoms with E-state index in [2.05, 4.69) is 10.2 Å². The second kappa shape index (κ2) is 8.31. The zero-order chi connectivity index (χ0) is 19.2. The van der Waals surface area contributed by atoms with E-state index in [-0.39, 0.29) is 29.5 Å². The zero-order valence-corrected chi connectivity index (χ0v) is 14.6. The molecule has 2 aromatic carbocycles. The third-order valence-electron chi connectivity index (χ3n) is 4.31. The molecule has 1 fully saturated rings. The zero-order valence-electron chi connectivity index (χ0n) is 14.6. The molecule has 1 saturated heterocycles. The minimum atomic E-state index is -0.602. The van der Waals surface area contributed by atoms with Crippen LogP contribution in [-0.2, 0) is 4.79 Å². The Balaban J connectivity index is 1.56. The second-order valence-corrected chi connectivity index (χ2v) is 6.17. The average molecular weight is 369 g/mol. The van der Waals surface area contributed by atoms with Gasteiger partial charge in [0.1, 0.15) is 5.75 Å². The van der Waals surface area contributed by atoms with Gasteiger partial charge in [-0.2, -0.15) is 0 Å². The average Bonchev–Trinajstić information content (AvgIpc) is 3.21. The van der Waals surface area contributed by atoms with E-state index < -0.39 is 4.92 Å². The Kier molecular flexibility index (Phi) is 5.65. The Morgan fingerprint density at radius 2 is 1.89 bits per heavy atom. The van der Waals surface area contributed by atoms with Crippen LogP contribution in [0.2, 0.25) is 0 Å². The normalized spacial score (nSPS) is 13.3. The largest absolute Gasteiger partial charge is 0.483 e. The first-order valence-electron chi connectivity index (χ1n) is 8.58. The van der Waals surface area contributed by atoms with Crippen molar-refractivity contribution in [2.45, 2.75) is 12.8 Å². The Bertz CT molecular complexity index is 845. The van der Waals surface area contributed by atoms with Gasteiger partial charge in [-0.15, -0.1) is 0 Å². The topological polar surface area (TPSA) is 102 Å². The van der Waals surface area contributed by atoms with Crippen molar-refractivity contribution in [3.8, 4) is 5.75 Å². The minimum Gasteiger partial charge on any atom is -0.483 e. The van der Waals surface area contributed by atoms with Gasteiger partial charge >= 0.3 is 0 Å². The molecule has 2 aromatic rings. The molecule has 8 nitrogen and oxygen atoms in total. The summed E-state index contributed by atoms with van der Waals surface area (Å²) in [4.78, 5) is 35.6. The first-order chi connectivity index (χ1) is 13.1. The molecule has 1 aliphatic rings. The number of carbonyl (C=O) groups is 2. The predicted octanol–water partition coefficient (Wildman–Crippen LogP) is 3.03. The van der Waals surface area contributed by atoms with Crippen molar-refractivity contribution < 1.29 is 19.2 Å². The van der Waals surface area contributed by atoms with Crippen molar-refractivity contribution >= 4 is 29.3 Å². The fourth-order valence-corrected chi connectivity index (χ4v) is 2.94. The van der Waals surface area contributed by atoms with E-state index in [4.69, 9.17) is 4.74 Å². The third kappa shape index (κ3) is 4.60. The van der Waals surface area contributed by atoms with E-state index in [1.165, 1.54) is 25.0 Å². The van der Waals surface area contributed by atoms with E-state index in [0.29, 0.717) is 12.0 Å². The van der Waals surface area contributed by atoms with Gasteiger partial charge in [0.05, 0.1) is 10.5 Å². The van der Waals surface area contributed by atoms with Gasteiger partial charge in [0.2, 0.25) is 0 Å². The smallest absolute Gasteiger partial charge is 0.270 e. The maximum absolute atomic E-state index is 12.1. The van der Waals surface area contributed by atoms with E-state index >= 15 is 0 Å². The number of nitrogens with one attached hydrogen (secondary N) is 1. The van der Waals surface area contributed by atoms with Crippen molar-refractivity contribution in [3.63, 3.8) is 0 Å². The molecule has 0 atom stereocenters. The summed E-state index contributed by atoms with van der Waals surface area (Å²) >= 11 is 0. The summed E-state index contributed by atoms with van der Waals surface area (Å²) in [6, 6.07) is 11.2. The second-order valence-electron chi connectivity index (χ2n) is 6.17. The molecule has 0 saturated carbocycles. The van der Waals surface area contributed by atoms with Gasteiger partial charge < -0.3 is 15.0 Å². The molecular weight excluding hydrogens is 350 g/mol. The summed E-state index contributed by atoms with van der Waals surface area (Å²) in [5, 5.41) is 13.5. The summed E-state index contributed by atoms with van der Waals surface area (Å²) in [6.07, 6.45) is 2.85. The van der Waals surface area contributed by atoms with Gasteiger partial charge in [-0.05, 0) is 43.2 Å². The standard InChI is InChI=1S/C19H19N3O5/c23-12-14-11-17(22(25)26)7-8-18(14)27-13-19(24)20-15-3-5-16(6-4-15)21-9-1-2-10-21/h3-8,11-12H,1-2,9-10,13H2,(H,20,24). The predicted molar refractivity (Wildman–Crippen MR) is 100 cm³/mol. The summed E-state index contributed by atoms with van der Waals surface area (Å²) in [6.45, 7) is 1.79. The van der Waals surface area contributed by atoms with Crippen molar-refractivity contribution in [3.05, 3.63) is 58.1 Å². The molecule has 0 unspecified atom stereocenters. The van der Waals surface area contributed by atoms with Gasteiger partial charge in [-0.25, -0.2) is 0 Å². The number of nitro benzene ring substituents is 1. The van der Waals surface area contributed by atoms with Crippen molar-refractivity contribution in [2.75, 3.05) is 29.9 Å². The van der Waals surface area contributed by atoms with Crippen LogP contribution in [0.25, 0.3) is 0 Å². The summed E-state index contributed by atoms with van der Waals surface area (Å²) in [5.41, 5.74) is 1.58. The van der Waals surface area contributed by atoms with Gasteiger partial charge in [-0.3, -0.25) is 19.7 Å². The van der Waals surface area contributed by atoms with Gasteiger partial charge in [-0.1, -0.05) is 0 Å². The molecule has 0 aliphatic carbocycles. The minimum absolute atomic E-state index is 0.0203. The fraction of sp³-hybridized carbons (Fsp3) is 0.263. The lowest BCUT2D eigenvalue weighted by molar-refractivity contribution is -0.384. The Hall–Kier alpha value is -3.42. The van der Waals surface area contributed by atoms with Crippen LogP contribution < -0.4 is 15.0 Å². The van der Waals surface area contributed by atoms with Crippen LogP contribution in [0.4, 0.5) is 17.1 Å². The first-order valence-corrected chi connectivity index (χ1v) is 8.58. The number of rotatable bonds is 7. The van der Waals surface area contributed by atoms with E-state index in [9.17, 15) is 19.7 Å². The Morgan fingerprint density at radius 1 is 1.19 bits per heavy atom. The highest BCUT2D eigenvalue weighted by Crippen LogP contribution is 2.24. The molecule has 8 heteroatoms. The Labute approximate surface area is 155 Å². The monoisotopic (exact) mass is 369 g/mol. The number of hydrogen-bond donors (Lipinski definition) is 1. The van der Waals surface area contributed by atoms with Crippen molar-refractivity contribution in [1.82, 2.24) is 0 Å². The molecule has 27 heavy (non-hydrogen) atoms. The van der Waals surface area contributed by atoms with E-state index in [1.807, 2.05) is 24.3 Å². The number of non-ortho nitro benzene ring substituents is 1. The molecule has 1 amide bonds. The number of nitrogens with zero attached hydrogens (tertiary/aromatic N) is 2. The van der Waals surface area contributed by atoms with E-state index in [0.717, 1.165) is 24.8 Å². The van der Waals surface area contributed by atoms with Crippen molar-refractivity contribution in [1.29, 1.82) is 0 Å². The van der Waals surface area contributed by atoms with Crippen LogP contribution in [0.15, 0.2) is 42.5 Å². The number of nitro groups is 1. The third-order valence-corrected chi connectivity index (χ3v) is 4.31. The highest BCUT2D eigenvalue weighted by Gasteiger charge is 2.14. The van der Waals surface area contributed by atoms with Crippen LogP contribution >= 0.6 is 0 Å². The van der Waals surface area contributed by atoms with Crippen LogP contribution in [-0.4, -0.2) is 36.8 Å². The lowest BCUT2D eigenvalue weighted by Crippen LogP contribution is -2.21. The maximum Gasteiger partial charge on any atom is 0.270 e. The number of carbonyl (C=O) groups excluding carboxylic acids is 2. The molecule has 1 N–H and O–H groups in total. The molecule has 0 spiro atoms. The molecular formula is C19H19N3O5. The highest BCUT2D eigenvalue weighted by atomic mass is 16.6. The highest BCUT2D eigenvalue weighted by molar-refractivity contribution is 5.92. The maximum atomic E-state index is 12.1. The molecule has 140 valence electrons. The number of hydrogen-bond acceptors (Lipinski definition) is 6. The van der Waals surface area contributed by atoms with Crippen LogP contribution in [0.5, 0.6) is 5.75 Å². The molecule has 1 heterocycles. The summed E-state index contributed by atoms with van der Waals surface area (Å²) in [5.74, 6) is -0.269. The molecule has 1 aliphatic heterocycles. The van der Waals surface area contributed by atoms with Gasteiger partial charge in [0.25, 0.3) is 11.6 Å². The van der Waals surface area contributed by atoms with Crippen molar-refractivity contribution in [2.24, 2.45) is 0 Å². The number of ether oxygens (including phenoxy) is 1. The summed E-state index contributed by atoms with van der Waals surface area (Å²) < 4.78 is 5.33. The molecule has 0 aromatic heterocycles. The van der Waals surface area contributed by atoms with Crippen LogP contribution in [0.1, 0.15) is 23.2 Å². The summed E-state index contributed by atoms with van der Waals surface area (Å²) in [7, 11) is 0. The van der Waals surface area contributed by atoms with Crippen LogP contribution in [0, 0.1) is 10.1 Å². The fourth-order valence-electron chi connectivity index (χ4n) is 2.94. The molecule has 0 bridgehead atoms. The van der Waals surface area contributed by atoms with Crippen LogP contribution in [0.3, 0.4) is 0 Å². The first kappa shape index (κ1) is 18.4. The Morgan fingerprint density at radius 3 is 2.52 bits per heavy atom. The number of aldehydes is 1.